The van der Waals surface area contributed by atoms with E-state index in [1.165, 1.54) is 6.07 Å². The quantitative estimate of drug-likeness (QED) is 0.216. The Labute approximate surface area is 147 Å². The molecule has 106 valence electrons. The van der Waals surface area contributed by atoms with E-state index >= 15 is 0 Å². The SMILES string of the molecule is O=C(OC(CF)C(F)(F)F)c1cc(I)cc(I)c1I. The molecule has 19 heavy (non-hydrogen) atoms. The van der Waals surface area contributed by atoms with Gasteiger partial charge in [-0.05, 0) is 79.9 Å². The maximum Gasteiger partial charge on any atom is 0.428 e. The predicted octanol–water partition coefficient (Wildman–Crippen LogP) is 4.56. The average Bonchev–Trinajstić information content (AvgIpc) is 2.28. The second-order valence-electron chi connectivity index (χ2n) is 3.34. The van der Waals surface area contributed by atoms with E-state index in [4.69, 9.17) is 0 Å². The topological polar surface area (TPSA) is 26.3 Å². The van der Waals surface area contributed by atoms with Crippen LogP contribution in [-0.4, -0.2) is 24.9 Å². The van der Waals surface area contributed by atoms with Gasteiger partial charge in [0.25, 0.3) is 0 Å². The molecule has 1 unspecified atom stereocenters. The third kappa shape index (κ3) is 4.82. The van der Waals surface area contributed by atoms with Crippen LogP contribution < -0.4 is 0 Å². The minimum Gasteiger partial charge on any atom is -0.446 e. The first-order valence-electron chi connectivity index (χ1n) is 4.65. The van der Waals surface area contributed by atoms with E-state index in [-0.39, 0.29) is 5.56 Å². The van der Waals surface area contributed by atoms with Gasteiger partial charge in [0.05, 0.1) is 5.56 Å². The lowest BCUT2D eigenvalue weighted by molar-refractivity contribution is -0.207. The summed E-state index contributed by atoms with van der Waals surface area (Å²) >= 11 is 5.71. The maximum atomic E-state index is 12.3. The number of carbonyl (C=O) groups excluding carboxylic acids is 1. The molecule has 0 aliphatic carbocycles. The van der Waals surface area contributed by atoms with Gasteiger partial charge in [0.15, 0.2) is 0 Å². The molecule has 0 saturated carbocycles. The molecule has 0 N–H and O–H groups in total. The van der Waals surface area contributed by atoms with E-state index in [2.05, 4.69) is 4.74 Å². The van der Waals surface area contributed by atoms with E-state index in [0.717, 1.165) is 0 Å². The van der Waals surface area contributed by atoms with E-state index in [0.29, 0.717) is 10.7 Å². The molecule has 0 saturated heterocycles. The summed E-state index contributed by atoms with van der Waals surface area (Å²) in [5.41, 5.74) is -0.000370. The van der Waals surface area contributed by atoms with Crippen LogP contribution in [0, 0.1) is 10.7 Å². The number of hydrogen-bond acceptors (Lipinski definition) is 2. The average molecular weight is 614 g/mol. The van der Waals surface area contributed by atoms with E-state index < -0.39 is 24.9 Å². The van der Waals surface area contributed by atoms with Gasteiger partial charge in [-0.1, -0.05) is 0 Å². The Hall–Kier alpha value is 0.600. The summed E-state index contributed by atoms with van der Waals surface area (Å²) in [6.45, 7) is -1.80. The highest BCUT2D eigenvalue weighted by molar-refractivity contribution is 14.1. The number of carbonyl (C=O) groups is 1. The number of benzene rings is 1. The summed E-state index contributed by atoms with van der Waals surface area (Å²) in [5.74, 6) is -1.18. The first-order valence-corrected chi connectivity index (χ1v) is 7.88. The zero-order chi connectivity index (χ0) is 14.8. The Morgan fingerprint density at radius 2 is 1.84 bits per heavy atom. The van der Waals surface area contributed by atoms with Gasteiger partial charge in [-0.15, -0.1) is 0 Å². The fourth-order valence-corrected chi connectivity index (χ4v) is 3.46. The van der Waals surface area contributed by atoms with Crippen LogP contribution in [0.25, 0.3) is 0 Å². The van der Waals surface area contributed by atoms with Gasteiger partial charge in [0.2, 0.25) is 6.10 Å². The van der Waals surface area contributed by atoms with Crippen LogP contribution in [0.5, 0.6) is 0 Å². The molecular formula is C10H5F4I3O2. The predicted molar refractivity (Wildman–Crippen MR) is 85.8 cm³/mol. The summed E-state index contributed by atoms with van der Waals surface area (Å²) in [6.07, 6.45) is -7.64. The summed E-state index contributed by atoms with van der Waals surface area (Å²) in [7, 11) is 0. The number of hydrogen-bond donors (Lipinski definition) is 0. The lowest BCUT2D eigenvalue weighted by Crippen LogP contribution is -2.35. The zero-order valence-electron chi connectivity index (χ0n) is 8.90. The van der Waals surface area contributed by atoms with Gasteiger partial charge in [-0.25, -0.2) is 9.18 Å². The summed E-state index contributed by atoms with van der Waals surface area (Å²) < 4.78 is 55.3. The van der Waals surface area contributed by atoms with Crippen LogP contribution in [0.2, 0.25) is 0 Å². The molecule has 0 spiro atoms. The molecule has 0 heterocycles. The second kappa shape index (κ2) is 7.04. The monoisotopic (exact) mass is 614 g/mol. The molecule has 0 aliphatic heterocycles. The molecule has 0 aromatic heterocycles. The first kappa shape index (κ1) is 17.7. The van der Waals surface area contributed by atoms with Crippen molar-refractivity contribution in [2.75, 3.05) is 6.67 Å². The van der Waals surface area contributed by atoms with Gasteiger partial charge in [0, 0.05) is 10.7 Å². The Kier molecular flexibility index (Phi) is 6.54. The number of rotatable bonds is 3. The molecule has 1 aromatic carbocycles. The van der Waals surface area contributed by atoms with Gasteiger partial charge in [0.1, 0.15) is 6.67 Å². The summed E-state index contributed by atoms with van der Waals surface area (Å²) in [4.78, 5) is 11.7. The number of ether oxygens (including phenoxy) is 1. The van der Waals surface area contributed by atoms with Crippen LogP contribution >= 0.6 is 67.8 Å². The van der Waals surface area contributed by atoms with E-state index in [1.54, 1.807) is 6.07 Å². The third-order valence-electron chi connectivity index (χ3n) is 1.97. The van der Waals surface area contributed by atoms with Crippen LogP contribution in [0.3, 0.4) is 0 Å². The highest BCUT2D eigenvalue weighted by Gasteiger charge is 2.43. The standard InChI is InChI=1S/C10H5F4I3O2/c11-3-7(10(12,13)14)19-9(18)5-1-4(15)2-6(16)8(5)17/h1-2,7H,3H2. The van der Waals surface area contributed by atoms with Gasteiger partial charge >= 0.3 is 12.1 Å². The van der Waals surface area contributed by atoms with E-state index in [9.17, 15) is 22.4 Å². The molecule has 1 rings (SSSR count). The van der Waals surface area contributed by atoms with Crippen molar-refractivity contribution in [3.63, 3.8) is 0 Å². The van der Waals surface area contributed by atoms with Crippen molar-refractivity contribution < 1.29 is 27.1 Å². The highest BCUT2D eigenvalue weighted by Crippen LogP contribution is 2.27. The van der Waals surface area contributed by atoms with Crippen molar-refractivity contribution in [1.82, 2.24) is 0 Å². The molecule has 1 aromatic rings. The fraction of sp³-hybridized carbons (Fsp3) is 0.300. The normalized spacial score (nSPS) is 13.2. The summed E-state index contributed by atoms with van der Waals surface area (Å²) in [6, 6.07) is 3.16. The molecule has 9 heteroatoms. The largest absolute Gasteiger partial charge is 0.446 e. The van der Waals surface area contributed by atoms with Crippen molar-refractivity contribution in [1.29, 1.82) is 0 Å². The van der Waals surface area contributed by atoms with Gasteiger partial charge in [-0.3, -0.25) is 0 Å². The minimum absolute atomic E-state index is 0.000370. The Morgan fingerprint density at radius 3 is 2.32 bits per heavy atom. The maximum absolute atomic E-state index is 12.3. The molecule has 0 aliphatic rings. The smallest absolute Gasteiger partial charge is 0.428 e. The van der Waals surface area contributed by atoms with Crippen molar-refractivity contribution in [3.05, 3.63) is 28.4 Å². The van der Waals surface area contributed by atoms with Crippen molar-refractivity contribution >= 4 is 73.7 Å². The highest BCUT2D eigenvalue weighted by atomic mass is 127. The number of alkyl halides is 4. The number of esters is 1. The molecule has 0 bridgehead atoms. The zero-order valence-corrected chi connectivity index (χ0v) is 15.4. The Morgan fingerprint density at radius 1 is 1.26 bits per heavy atom. The number of halogens is 7. The van der Waals surface area contributed by atoms with Crippen LogP contribution in [0.1, 0.15) is 10.4 Å². The fourth-order valence-electron chi connectivity index (χ4n) is 1.08. The van der Waals surface area contributed by atoms with Gasteiger partial charge in [-0.2, -0.15) is 13.2 Å². The minimum atomic E-state index is -4.91. The van der Waals surface area contributed by atoms with Crippen molar-refractivity contribution in [2.45, 2.75) is 12.3 Å². The molecule has 1 atom stereocenters. The summed E-state index contributed by atoms with van der Waals surface area (Å²) in [5, 5.41) is 0. The van der Waals surface area contributed by atoms with Crippen molar-refractivity contribution in [3.8, 4) is 0 Å². The van der Waals surface area contributed by atoms with Crippen LogP contribution in [-0.2, 0) is 4.74 Å². The lowest BCUT2D eigenvalue weighted by atomic mass is 10.2. The van der Waals surface area contributed by atoms with Gasteiger partial charge < -0.3 is 4.74 Å². The lowest BCUT2D eigenvalue weighted by Gasteiger charge is -2.18. The van der Waals surface area contributed by atoms with Crippen molar-refractivity contribution in [2.24, 2.45) is 0 Å². The molecular weight excluding hydrogens is 609 g/mol. The Balaban J connectivity index is 3.02. The second-order valence-corrected chi connectivity index (χ2v) is 6.83. The molecule has 0 fully saturated rings. The molecule has 0 radical (unpaired) electrons. The molecule has 2 nitrogen and oxygen atoms in total. The van der Waals surface area contributed by atoms with Crippen LogP contribution in [0.4, 0.5) is 17.6 Å². The third-order valence-corrected chi connectivity index (χ3v) is 5.64. The van der Waals surface area contributed by atoms with Crippen LogP contribution in [0.15, 0.2) is 12.1 Å². The Bertz CT molecular complexity index is 490. The first-order chi connectivity index (χ1) is 8.66. The van der Waals surface area contributed by atoms with E-state index in [1.807, 2.05) is 67.8 Å². The molecule has 0 amide bonds.